The van der Waals surface area contributed by atoms with Crippen molar-refractivity contribution < 1.29 is 4.79 Å². The number of amides is 1. The van der Waals surface area contributed by atoms with Gasteiger partial charge >= 0.3 is 0 Å². The predicted octanol–water partition coefficient (Wildman–Crippen LogP) is 3.82. The van der Waals surface area contributed by atoms with E-state index >= 15 is 0 Å². The minimum absolute atomic E-state index is 0.177. The van der Waals surface area contributed by atoms with Gasteiger partial charge in [0.05, 0.1) is 0 Å². The standard InChI is InChI=1S/C17H22N2O/c1-2-3-13-7-10-19(11-8-13)17(20)15-5-4-14-6-9-18-16(14)12-15/h4-6,9,12-13,18H,2-3,7-8,10-11H2,1H3. The molecule has 3 rings (SSSR count). The third-order valence-corrected chi connectivity index (χ3v) is 4.40. The number of H-pyrrole nitrogens is 1. The highest BCUT2D eigenvalue weighted by atomic mass is 16.2. The van der Waals surface area contributed by atoms with Gasteiger partial charge in [-0.3, -0.25) is 4.79 Å². The van der Waals surface area contributed by atoms with E-state index in [0.717, 1.165) is 48.3 Å². The molecule has 1 fully saturated rings. The summed E-state index contributed by atoms with van der Waals surface area (Å²) < 4.78 is 0. The predicted molar refractivity (Wildman–Crippen MR) is 81.8 cm³/mol. The minimum Gasteiger partial charge on any atom is -0.361 e. The first kappa shape index (κ1) is 13.2. The van der Waals surface area contributed by atoms with Crippen LogP contribution in [0.2, 0.25) is 0 Å². The number of aromatic nitrogens is 1. The lowest BCUT2D eigenvalue weighted by Gasteiger charge is -2.32. The number of hydrogen-bond donors (Lipinski definition) is 1. The van der Waals surface area contributed by atoms with Crippen LogP contribution < -0.4 is 0 Å². The average molecular weight is 270 g/mol. The molecule has 20 heavy (non-hydrogen) atoms. The van der Waals surface area contributed by atoms with Crippen LogP contribution in [0.5, 0.6) is 0 Å². The van der Waals surface area contributed by atoms with Gasteiger partial charge in [0.25, 0.3) is 5.91 Å². The molecule has 2 heterocycles. The Hall–Kier alpha value is -1.77. The topological polar surface area (TPSA) is 36.1 Å². The highest BCUT2D eigenvalue weighted by Crippen LogP contribution is 2.23. The van der Waals surface area contributed by atoms with E-state index in [9.17, 15) is 4.79 Å². The number of nitrogens with zero attached hydrogens (tertiary/aromatic N) is 1. The molecule has 0 bridgehead atoms. The summed E-state index contributed by atoms with van der Waals surface area (Å²) in [5, 5.41) is 1.16. The second-order valence-electron chi connectivity index (χ2n) is 5.80. The van der Waals surface area contributed by atoms with Gasteiger partial charge in [-0.1, -0.05) is 25.8 Å². The number of benzene rings is 1. The van der Waals surface area contributed by atoms with Gasteiger partial charge in [0.1, 0.15) is 0 Å². The highest BCUT2D eigenvalue weighted by molar-refractivity contribution is 5.97. The van der Waals surface area contributed by atoms with Crippen LogP contribution in [0.3, 0.4) is 0 Å². The Morgan fingerprint density at radius 1 is 1.30 bits per heavy atom. The zero-order valence-electron chi connectivity index (χ0n) is 12.1. The third kappa shape index (κ3) is 2.58. The van der Waals surface area contributed by atoms with Crippen LogP contribution in [-0.2, 0) is 0 Å². The molecule has 1 amide bonds. The van der Waals surface area contributed by atoms with E-state index in [4.69, 9.17) is 0 Å². The Morgan fingerprint density at radius 2 is 2.10 bits per heavy atom. The molecule has 106 valence electrons. The van der Waals surface area contributed by atoms with E-state index in [1.54, 1.807) is 0 Å². The van der Waals surface area contributed by atoms with E-state index in [1.165, 1.54) is 12.8 Å². The van der Waals surface area contributed by atoms with Gasteiger partial charge < -0.3 is 9.88 Å². The van der Waals surface area contributed by atoms with Crippen molar-refractivity contribution >= 4 is 16.8 Å². The van der Waals surface area contributed by atoms with E-state index in [0.29, 0.717) is 0 Å². The van der Waals surface area contributed by atoms with Gasteiger partial charge in [0, 0.05) is 30.4 Å². The van der Waals surface area contributed by atoms with Crippen molar-refractivity contribution in [1.29, 1.82) is 0 Å². The molecule has 1 aromatic carbocycles. The molecule has 0 radical (unpaired) electrons. The van der Waals surface area contributed by atoms with Gasteiger partial charge in [-0.15, -0.1) is 0 Å². The minimum atomic E-state index is 0.177. The van der Waals surface area contributed by atoms with Crippen molar-refractivity contribution in [1.82, 2.24) is 9.88 Å². The number of hydrogen-bond acceptors (Lipinski definition) is 1. The van der Waals surface area contributed by atoms with Crippen LogP contribution in [0.15, 0.2) is 30.5 Å². The largest absolute Gasteiger partial charge is 0.361 e. The highest BCUT2D eigenvalue weighted by Gasteiger charge is 2.23. The Bertz CT molecular complexity index is 594. The van der Waals surface area contributed by atoms with Crippen LogP contribution in [-0.4, -0.2) is 28.9 Å². The molecular weight excluding hydrogens is 248 g/mol. The number of nitrogens with one attached hydrogen (secondary N) is 1. The summed E-state index contributed by atoms with van der Waals surface area (Å²) in [5.74, 6) is 0.992. The Labute approximate surface area is 120 Å². The quantitative estimate of drug-likeness (QED) is 0.904. The molecule has 0 spiro atoms. The van der Waals surface area contributed by atoms with E-state index in [1.807, 2.05) is 35.4 Å². The SMILES string of the molecule is CCCC1CCN(C(=O)c2ccc3cc[nH]c3c2)CC1. The number of likely N-dealkylation sites (tertiary alicyclic amines) is 1. The van der Waals surface area contributed by atoms with Crippen molar-refractivity contribution in [2.45, 2.75) is 32.6 Å². The molecule has 3 nitrogen and oxygen atoms in total. The number of carbonyl (C=O) groups excluding carboxylic acids is 1. The van der Waals surface area contributed by atoms with Gasteiger partial charge in [-0.2, -0.15) is 0 Å². The summed E-state index contributed by atoms with van der Waals surface area (Å²) in [7, 11) is 0. The lowest BCUT2D eigenvalue weighted by molar-refractivity contribution is 0.0686. The Kier molecular flexibility index (Phi) is 3.77. The van der Waals surface area contributed by atoms with Crippen LogP contribution in [0.1, 0.15) is 43.0 Å². The number of rotatable bonds is 3. The van der Waals surface area contributed by atoms with Gasteiger partial charge in [0.2, 0.25) is 0 Å². The molecule has 0 saturated carbocycles. The summed E-state index contributed by atoms with van der Waals surface area (Å²) in [5.41, 5.74) is 1.84. The van der Waals surface area contributed by atoms with Crippen LogP contribution in [0.4, 0.5) is 0 Å². The van der Waals surface area contributed by atoms with Gasteiger partial charge in [-0.25, -0.2) is 0 Å². The summed E-state index contributed by atoms with van der Waals surface area (Å²) in [6.07, 6.45) is 6.78. The lowest BCUT2D eigenvalue weighted by atomic mass is 9.92. The number of aromatic amines is 1. The molecule has 1 aliphatic heterocycles. The number of piperidine rings is 1. The second kappa shape index (κ2) is 5.70. The lowest BCUT2D eigenvalue weighted by Crippen LogP contribution is -2.38. The molecule has 0 aliphatic carbocycles. The molecule has 0 unspecified atom stereocenters. The summed E-state index contributed by atoms with van der Waals surface area (Å²) in [6.45, 7) is 4.06. The van der Waals surface area contributed by atoms with Gasteiger partial charge in [-0.05, 0) is 42.3 Å². The van der Waals surface area contributed by atoms with Crippen LogP contribution in [0.25, 0.3) is 10.9 Å². The van der Waals surface area contributed by atoms with Gasteiger partial charge in [0.15, 0.2) is 0 Å². The summed E-state index contributed by atoms with van der Waals surface area (Å²) in [4.78, 5) is 17.7. The van der Waals surface area contributed by atoms with Crippen LogP contribution >= 0.6 is 0 Å². The van der Waals surface area contributed by atoms with E-state index in [-0.39, 0.29) is 5.91 Å². The normalized spacial score (nSPS) is 16.8. The maximum absolute atomic E-state index is 12.5. The monoisotopic (exact) mass is 270 g/mol. The zero-order valence-corrected chi connectivity index (χ0v) is 12.1. The first-order valence-electron chi connectivity index (χ1n) is 7.64. The maximum Gasteiger partial charge on any atom is 0.253 e. The summed E-state index contributed by atoms with van der Waals surface area (Å²) >= 11 is 0. The third-order valence-electron chi connectivity index (χ3n) is 4.40. The molecule has 3 heteroatoms. The van der Waals surface area contributed by atoms with E-state index < -0.39 is 0 Å². The smallest absolute Gasteiger partial charge is 0.253 e. The molecule has 0 atom stereocenters. The first-order valence-corrected chi connectivity index (χ1v) is 7.64. The first-order chi connectivity index (χ1) is 9.78. The maximum atomic E-state index is 12.5. The van der Waals surface area contributed by atoms with Crippen molar-refractivity contribution in [3.8, 4) is 0 Å². The Morgan fingerprint density at radius 3 is 2.85 bits per heavy atom. The number of fused-ring (bicyclic) bond motifs is 1. The fraction of sp³-hybridized carbons (Fsp3) is 0.471. The molecule has 1 aliphatic rings. The van der Waals surface area contributed by atoms with Crippen LogP contribution in [0, 0.1) is 5.92 Å². The molecule has 1 N–H and O–H groups in total. The van der Waals surface area contributed by atoms with Crippen molar-refractivity contribution in [3.63, 3.8) is 0 Å². The fourth-order valence-corrected chi connectivity index (χ4v) is 3.20. The number of carbonyl (C=O) groups is 1. The van der Waals surface area contributed by atoms with Crippen molar-refractivity contribution in [3.05, 3.63) is 36.0 Å². The van der Waals surface area contributed by atoms with E-state index in [2.05, 4.69) is 11.9 Å². The summed E-state index contributed by atoms with van der Waals surface area (Å²) in [6, 6.07) is 7.95. The average Bonchev–Trinajstić information content (AvgIpc) is 2.95. The molecular formula is C17H22N2O. The van der Waals surface area contributed by atoms with Crippen molar-refractivity contribution in [2.75, 3.05) is 13.1 Å². The Balaban J connectivity index is 1.69. The molecule has 1 saturated heterocycles. The fourth-order valence-electron chi connectivity index (χ4n) is 3.20. The molecule has 2 aromatic rings. The second-order valence-corrected chi connectivity index (χ2v) is 5.80. The zero-order chi connectivity index (χ0) is 13.9. The molecule has 1 aromatic heterocycles. The van der Waals surface area contributed by atoms with Crippen molar-refractivity contribution in [2.24, 2.45) is 5.92 Å².